The second-order valence-electron chi connectivity index (χ2n) is 6.50. The largest absolute Gasteiger partial charge is 0.507 e. The predicted octanol–water partition coefficient (Wildman–Crippen LogP) is 4.07. The second-order valence-corrected chi connectivity index (χ2v) is 6.50. The first-order valence-corrected chi connectivity index (χ1v) is 7.79. The standard InChI is InChI=1S/C20H20O3/c1-5-6-14-17(21)13-7-8-15-12(3)11(2)9-10-20(15,4)16(13)19(23)18(14)22/h5-9,21H,10H2,1-4H3. The molecule has 0 heterocycles. The van der Waals surface area contributed by atoms with E-state index in [0.29, 0.717) is 17.6 Å². The minimum atomic E-state index is -0.626. The molecule has 1 unspecified atom stereocenters. The minimum absolute atomic E-state index is 0.0798. The molecule has 0 spiro atoms. The highest BCUT2D eigenvalue weighted by atomic mass is 16.3. The van der Waals surface area contributed by atoms with Gasteiger partial charge < -0.3 is 5.11 Å². The van der Waals surface area contributed by atoms with E-state index >= 15 is 0 Å². The average molecular weight is 308 g/mol. The van der Waals surface area contributed by atoms with Crippen molar-refractivity contribution < 1.29 is 14.7 Å². The molecule has 3 heteroatoms. The molecule has 0 aromatic rings. The zero-order chi connectivity index (χ0) is 16.9. The first kappa shape index (κ1) is 15.5. The fourth-order valence-corrected chi connectivity index (χ4v) is 3.72. The molecule has 0 bridgehead atoms. The molecule has 118 valence electrons. The van der Waals surface area contributed by atoms with Crippen LogP contribution in [-0.4, -0.2) is 16.7 Å². The van der Waals surface area contributed by atoms with Crippen LogP contribution in [0.1, 0.15) is 34.1 Å². The summed E-state index contributed by atoms with van der Waals surface area (Å²) in [6, 6.07) is 0. The Hall–Kier alpha value is -2.42. The highest BCUT2D eigenvalue weighted by Crippen LogP contribution is 2.52. The van der Waals surface area contributed by atoms with E-state index in [1.54, 1.807) is 19.1 Å². The van der Waals surface area contributed by atoms with Crippen molar-refractivity contribution in [1.82, 2.24) is 0 Å². The Morgan fingerprint density at radius 1 is 1.17 bits per heavy atom. The normalized spacial score (nSPS) is 27.7. The van der Waals surface area contributed by atoms with Crippen LogP contribution in [-0.2, 0) is 9.59 Å². The summed E-state index contributed by atoms with van der Waals surface area (Å²) in [4.78, 5) is 25.2. The van der Waals surface area contributed by atoms with E-state index in [4.69, 9.17) is 0 Å². The molecule has 23 heavy (non-hydrogen) atoms. The van der Waals surface area contributed by atoms with Gasteiger partial charge in [0.1, 0.15) is 5.76 Å². The summed E-state index contributed by atoms with van der Waals surface area (Å²) in [5.41, 5.74) is 3.80. The molecule has 1 atom stereocenters. The molecule has 0 saturated carbocycles. The first-order valence-electron chi connectivity index (χ1n) is 7.79. The van der Waals surface area contributed by atoms with Crippen molar-refractivity contribution in [3.05, 3.63) is 69.6 Å². The zero-order valence-electron chi connectivity index (χ0n) is 13.9. The summed E-state index contributed by atoms with van der Waals surface area (Å²) in [5.74, 6) is -1.22. The summed E-state index contributed by atoms with van der Waals surface area (Å²) in [6.45, 7) is 7.81. The Morgan fingerprint density at radius 2 is 1.87 bits per heavy atom. The fourth-order valence-electron chi connectivity index (χ4n) is 3.72. The van der Waals surface area contributed by atoms with E-state index in [0.717, 1.165) is 11.1 Å². The molecular formula is C20H20O3. The Morgan fingerprint density at radius 3 is 2.52 bits per heavy atom. The van der Waals surface area contributed by atoms with Gasteiger partial charge in [0.2, 0.25) is 11.6 Å². The monoisotopic (exact) mass is 308 g/mol. The summed E-state index contributed by atoms with van der Waals surface area (Å²) >= 11 is 0. The number of aliphatic hydroxyl groups is 1. The van der Waals surface area contributed by atoms with Crippen molar-refractivity contribution >= 4 is 11.6 Å². The van der Waals surface area contributed by atoms with Crippen molar-refractivity contribution in [1.29, 1.82) is 0 Å². The Bertz CT molecular complexity index is 825. The molecule has 0 fully saturated rings. The molecule has 0 amide bonds. The van der Waals surface area contributed by atoms with E-state index in [1.807, 2.05) is 19.9 Å². The summed E-state index contributed by atoms with van der Waals surface area (Å²) in [6.07, 6.45) is 9.63. The molecule has 0 radical (unpaired) electrons. The van der Waals surface area contributed by atoms with E-state index in [-0.39, 0.29) is 11.3 Å². The maximum absolute atomic E-state index is 12.8. The number of Topliss-reactive ketones (excluding diaryl/α,β-unsaturated/α-hetero) is 2. The highest BCUT2D eigenvalue weighted by molar-refractivity contribution is 6.51. The molecule has 0 aromatic carbocycles. The molecule has 3 nitrogen and oxygen atoms in total. The van der Waals surface area contributed by atoms with Crippen LogP contribution in [0, 0.1) is 5.41 Å². The topological polar surface area (TPSA) is 54.4 Å². The number of allylic oxidation sites excluding steroid dienone is 10. The number of carbonyl (C=O) groups excluding carboxylic acids is 2. The lowest BCUT2D eigenvalue weighted by Gasteiger charge is -2.41. The third-order valence-electron chi connectivity index (χ3n) is 5.17. The third kappa shape index (κ3) is 1.96. The van der Waals surface area contributed by atoms with Gasteiger partial charge >= 0.3 is 0 Å². The number of carbonyl (C=O) groups is 2. The number of ketones is 2. The van der Waals surface area contributed by atoms with Crippen LogP contribution >= 0.6 is 0 Å². The molecule has 1 N–H and O–H groups in total. The van der Waals surface area contributed by atoms with Gasteiger partial charge in [-0.3, -0.25) is 9.59 Å². The Labute approximate surface area is 136 Å². The van der Waals surface area contributed by atoms with Gasteiger partial charge in [0.15, 0.2) is 0 Å². The zero-order valence-corrected chi connectivity index (χ0v) is 13.9. The van der Waals surface area contributed by atoms with Gasteiger partial charge in [0.25, 0.3) is 0 Å². The van der Waals surface area contributed by atoms with E-state index in [1.165, 1.54) is 11.6 Å². The molecule has 0 saturated heterocycles. The lowest BCUT2D eigenvalue weighted by atomic mass is 9.61. The van der Waals surface area contributed by atoms with Gasteiger partial charge in [-0.2, -0.15) is 0 Å². The Balaban J connectivity index is 2.29. The highest BCUT2D eigenvalue weighted by Gasteiger charge is 2.46. The van der Waals surface area contributed by atoms with E-state index in [9.17, 15) is 14.7 Å². The van der Waals surface area contributed by atoms with Gasteiger partial charge in [-0.25, -0.2) is 0 Å². The third-order valence-corrected chi connectivity index (χ3v) is 5.17. The average Bonchev–Trinajstić information content (AvgIpc) is 2.52. The molecule has 0 aliphatic heterocycles. The summed E-state index contributed by atoms with van der Waals surface area (Å²) < 4.78 is 0. The lowest BCUT2D eigenvalue weighted by Crippen LogP contribution is -2.38. The van der Waals surface area contributed by atoms with Crippen molar-refractivity contribution in [2.24, 2.45) is 5.41 Å². The number of hydrogen-bond acceptors (Lipinski definition) is 3. The van der Waals surface area contributed by atoms with Crippen molar-refractivity contribution in [2.45, 2.75) is 34.1 Å². The van der Waals surface area contributed by atoms with Crippen molar-refractivity contribution in [2.75, 3.05) is 0 Å². The van der Waals surface area contributed by atoms with Crippen LogP contribution < -0.4 is 0 Å². The van der Waals surface area contributed by atoms with Crippen molar-refractivity contribution in [3.8, 4) is 0 Å². The molecule has 3 rings (SSSR count). The molecule has 3 aliphatic carbocycles. The minimum Gasteiger partial charge on any atom is -0.507 e. The SMILES string of the molecule is CC=CC1=C(O)C2=C(C(=O)C1=O)C1(C)CC=C(C)C(C)=C1C=C2. The van der Waals surface area contributed by atoms with Gasteiger partial charge in [-0.1, -0.05) is 42.9 Å². The van der Waals surface area contributed by atoms with Crippen LogP contribution in [0.25, 0.3) is 0 Å². The second kappa shape index (κ2) is 5.05. The van der Waals surface area contributed by atoms with Crippen LogP contribution in [0.4, 0.5) is 0 Å². The van der Waals surface area contributed by atoms with Crippen molar-refractivity contribution in [3.63, 3.8) is 0 Å². The first-order chi connectivity index (χ1) is 10.8. The molecular weight excluding hydrogens is 288 g/mol. The maximum atomic E-state index is 12.8. The lowest BCUT2D eigenvalue weighted by molar-refractivity contribution is -0.132. The van der Waals surface area contributed by atoms with E-state index in [2.05, 4.69) is 13.0 Å². The number of rotatable bonds is 1. The van der Waals surface area contributed by atoms with Gasteiger partial charge in [-0.05, 0) is 38.3 Å². The quantitative estimate of drug-likeness (QED) is 0.587. The van der Waals surface area contributed by atoms with Gasteiger partial charge in [-0.15, -0.1) is 0 Å². The van der Waals surface area contributed by atoms with Crippen LogP contribution in [0.5, 0.6) is 0 Å². The van der Waals surface area contributed by atoms with Crippen LogP contribution in [0.3, 0.4) is 0 Å². The smallest absolute Gasteiger partial charge is 0.236 e. The summed E-state index contributed by atoms with van der Waals surface area (Å²) in [7, 11) is 0. The predicted molar refractivity (Wildman–Crippen MR) is 89.8 cm³/mol. The molecule has 3 aliphatic rings. The Kier molecular flexibility index (Phi) is 3.40. The number of aliphatic hydroxyl groups excluding tert-OH is 1. The maximum Gasteiger partial charge on any atom is 0.236 e. The van der Waals surface area contributed by atoms with Gasteiger partial charge in [0.05, 0.1) is 5.57 Å². The van der Waals surface area contributed by atoms with Crippen LogP contribution in [0.15, 0.2) is 69.6 Å². The summed E-state index contributed by atoms with van der Waals surface area (Å²) in [5, 5.41) is 10.5. The van der Waals surface area contributed by atoms with E-state index < -0.39 is 17.0 Å². The van der Waals surface area contributed by atoms with Crippen LogP contribution in [0.2, 0.25) is 0 Å². The number of hydrogen-bond donors (Lipinski definition) is 1. The van der Waals surface area contributed by atoms with Gasteiger partial charge in [0, 0.05) is 16.6 Å². The number of fused-ring (bicyclic) bond motifs is 2. The molecule has 0 aromatic heterocycles. The fraction of sp³-hybridized carbons (Fsp3) is 0.300.